The maximum atomic E-state index is 10.9. The molecule has 0 saturated carbocycles. The molecule has 0 bridgehead atoms. The zero-order valence-electron chi connectivity index (χ0n) is 22.1. The van der Waals surface area contributed by atoms with Crippen LogP contribution in [-0.4, -0.2) is 95.9 Å². The number of hydrogen-bond donors (Lipinski definition) is 5. The van der Waals surface area contributed by atoms with Gasteiger partial charge in [-0.1, -0.05) is 25.9 Å². The molecule has 3 aromatic heterocycles. The summed E-state index contributed by atoms with van der Waals surface area (Å²) in [6.07, 6.45) is 0.291. The fourth-order valence-electron chi connectivity index (χ4n) is 4.97. The van der Waals surface area contributed by atoms with Crippen LogP contribution in [0, 0.1) is 5.92 Å². The van der Waals surface area contributed by atoms with E-state index in [0.29, 0.717) is 41.7 Å². The highest BCUT2D eigenvalue weighted by Crippen LogP contribution is 2.40. The van der Waals surface area contributed by atoms with Gasteiger partial charge in [-0.2, -0.15) is 9.97 Å². The van der Waals surface area contributed by atoms with Crippen molar-refractivity contribution in [1.82, 2.24) is 29.6 Å². The summed E-state index contributed by atoms with van der Waals surface area (Å²) in [4.78, 5) is 16.3. The molecule has 1 unspecified atom stereocenters. The van der Waals surface area contributed by atoms with Gasteiger partial charge in [-0.25, -0.2) is 4.98 Å². The Balaban J connectivity index is 1.45. The first-order valence-electron chi connectivity index (χ1n) is 13.4. The van der Waals surface area contributed by atoms with E-state index >= 15 is 0 Å². The summed E-state index contributed by atoms with van der Waals surface area (Å²) < 4.78 is 13.1. The second kappa shape index (κ2) is 11.5. The molecule has 2 fully saturated rings. The van der Waals surface area contributed by atoms with E-state index < -0.39 is 24.5 Å². The highest BCUT2D eigenvalue weighted by Gasteiger charge is 2.47. The van der Waals surface area contributed by atoms with Crippen molar-refractivity contribution >= 4 is 22.9 Å². The molecule has 0 amide bonds. The van der Waals surface area contributed by atoms with Crippen LogP contribution in [0.4, 0.5) is 11.8 Å². The van der Waals surface area contributed by atoms with Crippen molar-refractivity contribution < 1.29 is 24.6 Å². The molecule has 0 radical (unpaired) electrons. The minimum atomic E-state index is -1.26. The van der Waals surface area contributed by atoms with Gasteiger partial charge in [0.15, 0.2) is 29.0 Å². The molecule has 2 aliphatic heterocycles. The fraction of sp³-hybridized carbons (Fsp3) is 0.680. The van der Waals surface area contributed by atoms with Crippen LogP contribution in [0.1, 0.15) is 57.4 Å². The van der Waals surface area contributed by atoms with Crippen molar-refractivity contribution in [2.75, 3.05) is 43.4 Å². The number of hydrogen-bond acceptors (Lipinski definition) is 12. The molecule has 3 aromatic rings. The van der Waals surface area contributed by atoms with Gasteiger partial charge >= 0.3 is 0 Å². The van der Waals surface area contributed by atoms with E-state index in [1.807, 2.05) is 20.8 Å². The SMILES string of the molecule is CCc1cc([C@H]2O[C@@H](n3cnc4c(NC(CO)C(C)C)nc(NCCN5CCCC5)nc43)[C@H](O)[C@@H]2O)on1. The Hall–Kier alpha value is -2.84. The van der Waals surface area contributed by atoms with E-state index in [0.717, 1.165) is 25.3 Å². The lowest BCUT2D eigenvalue weighted by Crippen LogP contribution is -2.30. The Morgan fingerprint density at radius 1 is 1.16 bits per heavy atom. The molecule has 5 atom stereocenters. The second-order valence-corrected chi connectivity index (χ2v) is 10.4. The standard InChI is InChI=1S/C25H38N8O5/c1-4-15-11-17(38-31-15)21-19(35)20(36)24(37-21)33-13-27-18-22(28-16(12-34)14(2)3)29-25(30-23(18)33)26-7-10-32-8-5-6-9-32/h11,13-14,16,19-21,24,34-36H,4-10,12H2,1-3H3,(H2,26,28,29,30)/t16?,19-,20+,21+,24+/m0/s1. The van der Waals surface area contributed by atoms with Gasteiger partial charge in [-0.05, 0) is 38.3 Å². The largest absolute Gasteiger partial charge is 0.394 e. The zero-order chi connectivity index (χ0) is 26.8. The highest BCUT2D eigenvalue weighted by molar-refractivity contribution is 5.84. The Kier molecular flexibility index (Phi) is 8.09. The van der Waals surface area contributed by atoms with E-state index in [4.69, 9.17) is 14.2 Å². The van der Waals surface area contributed by atoms with Crippen LogP contribution in [0.2, 0.25) is 0 Å². The number of aliphatic hydroxyl groups excluding tert-OH is 3. The molecule has 208 valence electrons. The Morgan fingerprint density at radius 2 is 1.95 bits per heavy atom. The third-order valence-electron chi connectivity index (χ3n) is 7.39. The Morgan fingerprint density at radius 3 is 2.63 bits per heavy atom. The molecule has 5 N–H and O–H groups in total. The lowest BCUT2D eigenvalue weighted by molar-refractivity contribution is -0.0434. The molecule has 0 spiro atoms. The topological polar surface area (TPSA) is 167 Å². The van der Waals surface area contributed by atoms with Gasteiger partial charge in [0.2, 0.25) is 5.95 Å². The normalized spacial score (nSPS) is 25.0. The molecule has 13 heteroatoms. The summed E-state index contributed by atoms with van der Waals surface area (Å²) in [7, 11) is 0. The van der Waals surface area contributed by atoms with Gasteiger partial charge in [0.1, 0.15) is 18.3 Å². The molecular formula is C25H38N8O5. The van der Waals surface area contributed by atoms with Gasteiger partial charge in [-0.15, -0.1) is 0 Å². The quantitative estimate of drug-likeness (QED) is 0.241. The number of nitrogens with one attached hydrogen (secondary N) is 2. The summed E-state index contributed by atoms with van der Waals surface area (Å²) in [6.45, 7) is 9.64. The van der Waals surface area contributed by atoms with Gasteiger partial charge in [0, 0.05) is 19.2 Å². The number of ether oxygens (including phenoxy) is 1. The van der Waals surface area contributed by atoms with Crippen LogP contribution in [0.3, 0.4) is 0 Å². The van der Waals surface area contributed by atoms with Crippen molar-refractivity contribution in [2.45, 2.75) is 70.6 Å². The first-order valence-corrected chi connectivity index (χ1v) is 13.4. The maximum Gasteiger partial charge on any atom is 0.226 e. The van der Waals surface area contributed by atoms with Crippen LogP contribution in [-0.2, 0) is 11.2 Å². The van der Waals surface area contributed by atoms with Crippen LogP contribution in [0.25, 0.3) is 11.2 Å². The number of rotatable bonds is 11. The zero-order valence-corrected chi connectivity index (χ0v) is 22.1. The first kappa shape index (κ1) is 26.8. The van der Waals surface area contributed by atoms with Gasteiger partial charge in [0.05, 0.1) is 24.7 Å². The number of fused-ring (bicyclic) bond motifs is 1. The average molecular weight is 531 g/mol. The summed E-state index contributed by atoms with van der Waals surface area (Å²) in [5.74, 6) is 1.36. The smallest absolute Gasteiger partial charge is 0.226 e. The third-order valence-corrected chi connectivity index (χ3v) is 7.39. The van der Waals surface area contributed by atoms with Crippen LogP contribution < -0.4 is 10.6 Å². The highest BCUT2D eigenvalue weighted by atomic mass is 16.6. The number of nitrogens with zero attached hydrogens (tertiary/aromatic N) is 6. The Labute approximate surface area is 221 Å². The van der Waals surface area contributed by atoms with E-state index in [-0.39, 0.29) is 18.6 Å². The molecule has 0 aromatic carbocycles. The first-order chi connectivity index (χ1) is 18.4. The maximum absolute atomic E-state index is 10.9. The summed E-state index contributed by atoms with van der Waals surface area (Å²) >= 11 is 0. The summed E-state index contributed by atoms with van der Waals surface area (Å²) in [5.41, 5.74) is 1.63. The summed E-state index contributed by atoms with van der Waals surface area (Å²) in [6, 6.07) is 1.48. The van der Waals surface area contributed by atoms with E-state index in [9.17, 15) is 15.3 Å². The van der Waals surface area contributed by atoms with Gasteiger partial charge < -0.3 is 40.1 Å². The van der Waals surface area contributed by atoms with Gasteiger partial charge in [0.25, 0.3) is 0 Å². The number of imidazole rings is 1. The van der Waals surface area contributed by atoms with Crippen LogP contribution in [0.15, 0.2) is 16.9 Å². The van der Waals surface area contributed by atoms with Crippen molar-refractivity contribution in [3.63, 3.8) is 0 Å². The molecule has 38 heavy (non-hydrogen) atoms. The van der Waals surface area contributed by atoms with Crippen molar-refractivity contribution in [1.29, 1.82) is 0 Å². The Bertz CT molecular complexity index is 1210. The minimum Gasteiger partial charge on any atom is -0.394 e. The summed E-state index contributed by atoms with van der Waals surface area (Å²) in [5, 5.41) is 42.2. The van der Waals surface area contributed by atoms with Crippen molar-refractivity contribution in [3.8, 4) is 0 Å². The average Bonchev–Trinajstić information content (AvgIpc) is 3.71. The second-order valence-electron chi connectivity index (χ2n) is 10.4. The number of likely N-dealkylation sites (tertiary alicyclic amines) is 1. The van der Waals surface area contributed by atoms with Crippen LogP contribution in [0.5, 0.6) is 0 Å². The fourth-order valence-corrected chi connectivity index (χ4v) is 4.97. The molecule has 5 heterocycles. The monoisotopic (exact) mass is 530 g/mol. The van der Waals surface area contributed by atoms with E-state index in [1.165, 1.54) is 19.2 Å². The van der Waals surface area contributed by atoms with E-state index in [1.54, 1.807) is 10.6 Å². The predicted molar refractivity (Wildman–Crippen MR) is 140 cm³/mol. The number of aliphatic hydroxyl groups is 3. The molecule has 2 saturated heterocycles. The third kappa shape index (κ3) is 5.34. The van der Waals surface area contributed by atoms with Crippen molar-refractivity contribution in [3.05, 3.63) is 23.8 Å². The lowest BCUT2D eigenvalue weighted by atomic mass is 10.1. The van der Waals surface area contributed by atoms with Crippen molar-refractivity contribution in [2.24, 2.45) is 5.92 Å². The van der Waals surface area contributed by atoms with Gasteiger partial charge in [-0.3, -0.25) is 4.57 Å². The van der Waals surface area contributed by atoms with E-state index in [2.05, 4.69) is 30.7 Å². The molecule has 5 rings (SSSR count). The number of anilines is 2. The molecule has 13 nitrogen and oxygen atoms in total. The van der Waals surface area contributed by atoms with Crippen LogP contribution >= 0.6 is 0 Å². The number of aryl methyl sites for hydroxylation is 1. The minimum absolute atomic E-state index is 0.0726. The molecular weight excluding hydrogens is 492 g/mol. The molecule has 2 aliphatic rings. The lowest BCUT2D eigenvalue weighted by Gasteiger charge is -2.22. The predicted octanol–water partition coefficient (Wildman–Crippen LogP) is 1.31. The molecule has 0 aliphatic carbocycles. The number of aromatic nitrogens is 5.